The van der Waals surface area contributed by atoms with E-state index in [9.17, 15) is 44.1 Å². The number of carbonyl (C=O) groups excluding carboxylic acids is 1. The number of allylic oxidation sites excluding steroid dienone is 1. The van der Waals surface area contributed by atoms with E-state index in [0.29, 0.717) is 0 Å². The number of hydrogen-bond acceptors (Lipinski definition) is 17. The van der Waals surface area contributed by atoms with E-state index in [1.165, 1.54) is 28.2 Å². The molecule has 3 aliphatic heterocycles. The highest BCUT2D eigenvalue weighted by atomic mass is 31.3. The summed E-state index contributed by atoms with van der Waals surface area (Å²) in [6.07, 6.45) is -4.88. The molecule has 5 rings (SSSR count). The fourth-order valence-corrected chi connectivity index (χ4v) is 6.77. The number of rotatable bonds is 11. The molecule has 5 heterocycles. The molecule has 2 aromatic rings. The average Bonchev–Trinajstić information content (AvgIpc) is 3.61. The normalized spacial score (nSPS) is 33.3. The number of aliphatic hydroxyl groups excluding tert-OH is 4. The van der Waals surface area contributed by atoms with Crippen molar-refractivity contribution < 1.29 is 67.0 Å². The van der Waals surface area contributed by atoms with Crippen molar-refractivity contribution in [1.82, 2.24) is 24.4 Å². The Morgan fingerprint density at radius 1 is 0.955 bits per heavy atom. The largest absolute Gasteiger partial charge is 0.481 e. The molecule has 6 unspecified atom stereocenters. The summed E-state index contributed by atoms with van der Waals surface area (Å²) in [5, 5.41) is 41.6. The maximum atomic E-state index is 12.4. The van der Waals surface area contributed by atoms with Crippen molar-refractivity contribution in [2.24, 2.45) is 5.73 Å². The molecule has 0 bridgehead atoms. The van der Waals surface area contributed by atoms with Crippen LogP contribution in [-0.2, 0) is 36.8 Å². The van der Waals surface area contributed by atoms with E-state index in [2.05, 4.69) is 19.3 Å². The van der Waals surface area contributed by atoms with Gasteiger partial charge in [0.15, 0.2) is 23.9 Å². The van der Waals surface area contributed by atoms with Crippen molar-refractivity contribution in [2.75, 3.05) is 18.9 Å². The minimum atomic E-state index is -5.37. The standard InChI is InChI=1S/C21H29N7O14P2/c22-17-12-19(25-7-24-17)28(8-26-12)21-16(32)14(30)11(41-21)6-39-44(36,37)42-43(34,35)38-5-10-13(29)15(31)20(40-10)27-3-1-2-9(4-27)18(23)33/h1,3-4,7-8,10-11,13-16,20-21,29-32H,2,5-6H2,(H2,23,33)(H,34,35)(H,36,37)(H2,22,24,25)/t10-,11+,13?,14?,15?,16?,20-,21+/m1/s1. The molecule has 242 valence electrons. The van der Waals surface area contributed by atoms with Crippen molar-refractivity contribution in [1.29, 1.82) is 0 Å². The Morgan fingerprint density at radius 3 is 2.16 bits per heavy atom. The van der Waals surface area contributed by atoms with Crippen LogP contribution in [0.4, 0.5) is 5.82 Å². The number of primary amides is 1. The van der Waals surface area contributed by atoms with Crippen LogP contribution in [0.1, 0.15) is 12.6 Å². The van der Waals surface area contributed by atoms with Crippen molar-refractivity contribution in [3.8, 4) is 0 Å². The summed E-state index contributed by atoms with van der Waals surface area (Å²) in [6.45, 7) is -1.79. The second-order valence-electron chi connectivity index (χ2n) is 9.84. The van der Waals surface area contributed by atoms with Gasteiger partial charge in [-0.2, -0.15) is 4.31 Å². The summed E-state index contributed by atoms with van der Waals surface area (Å²) in [6, 6.07) is 0. The first-order valence-corrected chi connectivity index (χ1v) is 15.7. The molecule has 23 heteroatoms. The van der Waals surface area contributed by atoms with Gasteiger partial charge in [-0.3, -0.25) is 18.4 Å². The SMILES string of the molecule is NC(=O)C1=CN([C@@H]2O[C@H](COP(=O)(O)OP(=O)(O)OC[C@@H]3O[C@H](n4cnc5c(N)ncnc54)C(O)C3O)C(O)C2O)C=CC1. The molecule has 1 amide bonds. The predicted molar refractivity (Wildman–Crippen MR) is 142 cm³/mol. The van der Waals surface area contributed by atoms with Crippen LogP contribution in [0.2, 0.25) is 0 Å². The van der Waals surface area contributed by atoms with Gasteiger partial charge >= 0.3 is 15.6 Å². The van der Waals surface area contributed by atoms with Crippen molar-refractivity contribution in [2.45, 2.75) is 55.5 Å². The molecule has 21 nitrogen and oxygen atoms in total. The van der Waals surface area contributed by atoms with Gasteiger partial charge < -0.3 is 56.1 Å². The molecule has 0 radical (unpaired) electrons. The fourth-order valence-electron chi connectivity index (χ4n) is 4.68. The number of aromatic nitrogens is 4. The maximum absolute atomic E-state index is 12.4. The van der Waals surface area contributed by atoms with Gasteiger partial charge in [0.1, 0.15) is 48.5 Å². The first kappa shape index (κ1) is 32.5. The Balaban J connectivity index is 1.15. The van der Waals surface area contributed by atoms with Gasteiger partial charge in [0, 0.05) is 18.0 Å². The number of anilines is 1. The lowest BCUT2D eigenvalue weighted by Gasteiger charge is -2.28. The van der Waals surface area contributed by atoms with Crippen molar-refractivity contribution >= 4 is 38.5 Å². The predicted octanol–water partition coefficient (Wildman–Crippen LogP) is -2.69. The Labute approximate surface area is 247 Å². The van der Waals surface area contributed by atoms with Crippen LogP contribution < -0.4 is 11.5 Å². The number of hydrogen-bond donors (Lipinski definition) is 8. The third kappa shape index (κ3) is 6.70. The summed E-state index contributed by atoms with van der Waals surface area (Å²) < 4.78 is 50.8. The molecule has 2 aromatic heterocycles. The molecule has 0 spiro atoms. The van der Waals surface area contributed by atoms with E-state index in [1.807, 2.05) is 0 Å². The monoisotopic (exact) mass is 665 g/mol. The van der Waals surface area contributed by atoms with Crippen LogP contribution >= 0.6 is 15.6 Å². The van der Waals surface area contributed by atoms with Gasteiger partial charge in [-0.05, 0) is 6.42 Å². The Kier molecular flexibility index (Phi) is 9.23. The van der Waals surface area contributed by atoms with Crippen molar-refractivity contribution in [3.05, 3.63) is 36.7 Å². The molecule has 2 fully saturated rings. The fraction of sp³-hybridized carbons (Fsp3) is 0.524. The molecular weight excluding hydrogens is 636 g/mol. The lowest BCUT2D eigenvalue weighted by atomic mass is 10.1. The van der Waals surface area contributed by atoms with E-state index in [0.717, 1.165) is 6.33 Å². The van der Waals surface area contributed by atoms with Crippen LogP contribution in [0.3, 0.4) is 0 Å². The zero-order valence-electron chi connectivity index (χ0n) is 22.4. The van der Waals surface area contributed by atoms with Gasteiger partial charge in [0.25, 0.3) is 0 Å². The zero-order chi connectivity index (χ0) is 32.0. The number of nitrogens with two attached hydrogens (primary N) is 2. The second-order valence-corrected chi connectivity index (χ2v) is 12.9. The topological polar surface area (TPSA) is 318 Å². The number of phosphoric ester groups is 2. The summed E-state index contributed by atoms with van der Waals surface area (Å²) in [7, 11) is -10.7. The zero-order valence-corrected chi connectivity index (χ0v) is 24.2. The van der Waals surface area contributed by atoms with Gasteiger partial charge in [-0.25, -0.2) is 24.1 Å². The molecular formula is C21H29N7O14P2. The molecule has 3 aliphatic rings. The van der Waals surface area contributed by atoms with Gasteiger partial charge in [0.2, 0.25) is 5.91 Å². The number of carbonyl (C=O) groups is 1. The molecule has 10 N–H and O–H groups in total. The highest BCUT2D eigenvalue weighted by molar-refractivity contribution is 7.61. The van der Waals surface area contributed by atoms with Crippen molar-refractivity contribution in [3.63, 3.8) is 0 Å². The third-order valence-electron chi connectivity index (χ3n) is 6.88. The molecule has 2 saturated heterocycles. The Hall–Kier alpha value is -2.88. The molecule has 0 aliphatic carbocycles. The van der Waals surface area contributed by atoms with E-state index >= 15 is 0 Å². The quantitative estimate of drug-likeness (QED) is 0.113. The molecule has 0 saturated carbocycles. The van der Waals surface area contributed by atoms with Crippen LogP contribution in [0, 0.1) is 0 Å². The van der Waals surface area contributed by atoms with Crippen LogP contribution in [0.15, 0.2) is 36.7 Å². The minimum Gasteiger partial charge on any atom is -0.387 e. The molecule has 44 heavy (non-hydrogen) atoms. The van der Waals surface area contributed by atoms with Crippen LogP contribution in [0.5, 0.6) is 0 Å². The minimum absolute atomic E-state index is 0.0517. The lowest BCUT2D eigenvalue weighted by Crippen LogP contribution is -2.40. The van der Waals surface area contributed by atoms with E-state index in [4.69, 9.17) is 30.0 Å². The van der Waals surface area contributed by atoms with Gasteiger partial charge in [0.05, 0.1) is 19.5 Å². The lowest BCUT2D eigenvalue weighted by molar-refractivity contribution is -0.115. The smallest absolute Gasteiger partial charge is 0.387 e. The molecule has 0 aromatic carbocycles. The van der Waals surface area contributed by atoms with E-state index in [-0.39, 0.29) is 29.0 Å². The van der Waals surface area contributed by atoms with Gasteiger partial charge in [-0.15, -0.1) is 0 Å². The summed E-state index contributed by atoms with van der Waals surface area (Å²) in [5.74, 6) is -0.658. The van der Waals surface area contributed by atoms with Gasteiger partial charge in [-0.1, -0.05) is 6.08 Å². The Bertz CT molecular complexity index is 1560. The summed E-state index contributed by atoms with van der Waals surface area (Å²) in [4.78, 5) is 44.6. The van der Waals surface area contributed by atoms with Crippen LogP contribution in [0.25, 0.3) is 11.2 Å². The first-order valence-electron chi connectivity index (χ1n) is 12.7. The summed E-state index contributed by atoms with van der Waals surface area (Å²) >= 11 is 0. The summed E-state index contributed by atoms with van der Waals surface area (Å²) in [5.41, 5.74) is 11.6. The second kappa shape index (κ2) is 12.5. The molecule has 10 atom stereocenters. The number of ether oxygens (including phenoxy) is 2. The number of nitrogen functional groups attached to an aromatic ring is 1. The number of amides is 1. The average molecular weight is 665 g/mol. The highest BCUT2D eigenvalue weighted by Gasteiger charge is 2.48. The maximum Gasteiger partial charge on any atom is 0.481 e. The third-order valence-corrected chi connectivity index (χ3v) is 9.48. The van der Waals surface area contributed by atoms with Crippen LogP contribution in [-0.4, -0.2) is 117 Å². The number of nitrogens with zero attached hydrogens (tertiary/aromatic N) is 5. The number of aliphatic hydroxyl groups is 4. The number of fused-ring (bicyclic) bond motifs is 1. The van der Waals surface area contributed by atoms with E-state index < -0.39 is 83.8 Å². The Morgan fingerprint density at radius 2 is 1.55 bits per heavy atom. The first-order chi connectivity index (χ1) is 20.7. The highest BCUT2D eigenvalue weighted by Crippen LogP contribution is 2.60. The van der Waals surface area contributed by atoms with E-state index in [1.54, 1.807) is 6.08 Å². The number of imidazole rings is 1. The number of phosphoric acid groups is 2.